The Labute approximate surface area is 230 Å². The van der Waals surface area contributed by atoms with Crippen molar-refractivity contribution in [2.75, 3.05) is 25.0 Å². The molecule has 1 fully saturated rings. The molecule has 3 heterocycles. The summed E-state index contributed by atoms with van der Waals surface area (Å²) in [6.45, 7) is 1.30. The van der Waals surface area contributed by atoms with Crippen LogP contribution >= 0.6 is 0 Å². The van der Waals surface area contributed by atoms with E-state index in [9.17, 15) is 31.5 Å². The maximum atomic E-state index is 14.0. The Kier molecular flexibility index (Phi) is 8.37. The van der Waals surface area contributed by atoms with E-state index in [4.69, 9.17) is 16.2 Å². The predicted molar refractivity (Wildman–Crippen MR) is 135 cm³/mol. The number of alkyl halides is 3. The second-order valence-corrected chi connectivity index (χ2v) is 9.49. The van der Waals surface area contributed by atoms with Gasteiger partial charge in [-0.05, 0) is 38.0 Å². The summed E-state index contributed by atoms with van der Waals surface area (Å²) in [7, 11) is 0. The third kappa shape index (κ3) is 6.51. The molecule has 2 aromatic heterocycles. The van der Waals surface area contributed by atoms with E-state index in [1.807, 2.05) is 0 Å². The average Bonchev–Trinajstić information content (AvgIpc) is 2.93. The van der Waals surface area contributed by atoms with E-state index >= 15 is 0 Å². The number of halogens is 5. The number of urea groups is 1. The molecule has 218 valence electrons. The molecule has 3 aromatic rings. The van der Waals surface area contributed by atoms with Crippen LogP contribution < -0.4 is 21.5 Å². The van der Waals surface area contributed by atoms with Gasteiger partial charge in [-0.15, -0.1) is 0 Å². The van der Waals surface area contributed by atoms with Gasteiger partial charge in [-0.2, -0.15) is 13.2 Å². The standard InChI is InChI=1S/C26H26F5N7O3/c1-14-34-12-16(25(33,23(32)39)13-41-20-7-3-6-19(36-20)26(29,30)31)21(35-14)15-8-10-38(11-9-15)24(40)37-22-17(27)4-2-5-18(22)28/h2-7,12,15H,8-11,13,33H2,1H3,(H2,32,39)(H,37,40). The number of rotatable bonds is 7. The summed E-state index contributed by atoms with van der Waals surface area (Å²) in [4.78, 5) is 38.7. The van der Waals surface area contributed by atoms with Crippen LogP contribution in [0.3, 0.4) is 0 Å². The molecule has 10 nitrogen and oxygen atoms in total. The highest BCUT2D eigenvalue weighted by molar-refractivity contribution is 5.89. The topological polar surface area (TPSA) is 149 Å². The molecule has 1 unspecified atom stereocenters. The summed E-state index contributed by atoms with van der Waals surface area (Å²) in [5.74, 6) is -3.27. The summed E-state index contributed by atoms with van der Waals surface area (Å²) in [6, 6.07) is 5.57. The molecule has 41 heavy (non-hydrogen) atoms. The van der Waals surface area contributed by atoms with Gasteiger partial charge in [-0.3, -0.25) is 4.79 Å². The van der Waals surface area contributed by atoms with Crippen LogP contribution in [0.25, 0.3) is 0 Å². The van der Waals surface area contributed by atoms with Crippen LogP contribution in [0, 0.1) is 18.6 Å². The van der Waals surface area contributed by atoms with Crippen molar-refractivity contribution in [3.8, 4) is 5.88 Å². The lowest BCUT2D eigenvalue weighted by Crippen LogP contribution is -2.54. The highest BCUT2D eigenvalue weighted by Crippen LogP contribution is 2.34. The highest BCUT2D eigenvalue weighted by atomic mass is 19.4. The number of nitrogens with two attached hydrogens (primary N) is 2. The first-order valence-corrected chi connectivity index (χ1v) is 12.4. The van der Waals surface area contributed by atoms with Crippen LogP contribution in [0.1, 0.15) is 41.5 Å². The lowest BCUT2D eigenvalue weighted by atomic mass is 9.83. The van der Waals surface area contributed by atoms with Gasteiger partial charge in [0.15, 0.2) is 5.54 Å². The SMILES string of the molecule is Cc1ncc(C(N)(COc2cccc(C(F)(F)F)n2)C(N)=O)c(C2CCN(C(=O)Nc3c(F)cccc3F)CC2)n1. The van der Waals surface area contributed by atoms with Gasteiger partial charge in [0.05, 0.1) is 5.69 Å². The number of likely N-dealkylation sites (tertiary alicyclic amines) is 1. The first kappa shape index (κ1) is 29.6. The minimum atomic E-state index is -4.71. The normalized spacial score (nSPS) is 15.7. The van der Waals surface area contributed by atoms with E-state index in [2.05, 4.69) is 20.3 Å². The number of amides is 3. The number of aromatic nitrogens is 3. The van der Waals surface area contributed by atoms with Gasteiger partial charge < -0.3 is 26.4 Å². The smallest absolute Gasteiger partial charge is 0.433 e. The molecule has 1 aromatic carbocycles. The van der Waals surface area contributed by atoms with Gasteiger partial charge in [-0.1, -0.05) is 12.1 Å². The van der Waals surface area contributed by atoms with Crippen LogP contribution in [0.5, 0.6) is 5.88 Å². The van der Waals surface area contributed by atoms with E-state index in [0.29, 0.717) is 24.4 Å². The summed E-state index contributed by atoms with van der Waals surface area (Å²) < 4.78 is 72.5. The van der Waals surface area contributed by atoms with Gasteiger partial charge in [0.2, 0.25) is 11.8 Å². The number of aryl methyl sites for hydroxylation is 1. The van der Waals surface area contributed by atoms with Crippen LogP contribution in [-0.4, -0.2) is 51.5 Å². The highest BCUT2D eigenvalue weighted by Gasteiger charge is 2.41. The molecule has 0 spiro atoms. The van der Waals surface area contributed by atoms with Crippen molar-refractivity contribution >= 4 is 17.6 Å². The summed E-state index contributed by atoms with van der Waals surface area (Å²) in [5, 5.41) is 2.25. The molecule has 1 atom stereocenters. The first-order valence-electron chi connectivity index (χ1n) is 12.4. The fourth-order valence-corrected chi connectivity index (χ4v) is 4.42. The molecule has 15 heteroatoms. The van der Waals surface area contributed by atoms with Gasteiger partial charge in [0.1, 0.15) is 35.4 Å². The van der Waals surface area contributed by atoms with Crippen molar-refractivity contribution in [2.45, 2.75) is 37.4 Å². The molecule has 0 bridgehead atoms. The Morgan fingerprint density at radius 2 is 1.71 bits per heavy atom. The number of nitrogens with one attached hydrogen (secondary N) is 1. The maximum absolute atomic E-state index is 14.0. The molecule has 4 rings (SSSR count). The van der Waals surface area contributed by atoms with Crippen molar-refractivity contribution in [2.24, 2.45) is 11.5 Å². The van der Waals surface area contributed by atoms with E-state index in [-0.39, 0.29) is 24.6 Å². The quantitative estimate of drug-likeness (QED) is 0.362. The third-order valence-corrected chi connectivity index (χ3v) is 6.68. The number of pyridine rings is 1. The zero-order chi connectivity index (χ0) is 29.9. The summed E-state index contributed by atoms with van der Waals surface area (Å²) >= 11 is 0. The van der Waals surface area contributed by atoms with Crippen LogP contribution in [-0.2, 0) is 16.5 Å². The summed E-state index contributed by atoms with van der Waals surface area (Å²) in [5.41, 5.74) is 8.72. The molecule has 0 saturated carbocycles. The average molecular weight is 580 g/mol. The van der Waals surface area contributed by atoms with Crippen molar-refractivity contribution < 1.29 is 36.3 Å². The molecule has 1 aliphatic heterocycles. The Morgan fingerprint density at radius 3 is 2.32 bits per heavy atom. The molecule has 5 N–H and O–H groups in total. The summed E-state index contributed by atoms with van der Waals surface area (Å²) in [6.07, 6.45) is -2.73. The van der Waals surface area contributed by atoms with Crippen molar-refractivity contribution in [3.05, 3.63) is 77.0 Å². The van der Waals surface area contributed by atoms with Crippen molar-refractivity contribution in [1.82, 2.24) is 19.9 Å². The van der Waals surface area contributed by atoms with Crippen LogP contribution in [0.2, 0.25) is 0 Å². The minimum Gasteiger partial charge on any atom is -0.475 e. The lowest BCUT2D eigenvalue weighted by molar-refractivity contribution is -0.141. The third-order valence-electron chi connectivity index (χ3n) is 6.68. The number of piperidine rings is 1. The Morgan fingerprint density at radius 1 is 1.07 bits per heavy atom. The molecule has 0 radical (unpaired) electrons. The van der Waals surface area contributed by atoms with Gasteiger partial charge >= 0.3 is 12.2 Å². The zero-order valence-electron chi connectivity index (χ0n) is 21.7. The molecular weight excluding hydrogens is 553 g/mol. The monoisotopic (exact) mass is 579 g/mol. The van der Waals surface area contributed by atoms with Crippen molar-refractivity contribution in [1.29, 1.82) is 0 Å². The number of carbonyl (C=O) groups is 2. The number of nitrogens with zero attached hydrogens (tertiary/aromatic N) is 4. The Balaban J connectivity index is 1.52. The second kappa shape index (κ2) is 11.6. The maximum Gasteiger partial charge on any atom is 0.433 e. The Bertz CT molecular complexity index is 1430. The van der Waals surface area contributed by atoms with E-state index in [1.54, 1.807) is 6.92 Å². The van der Waals surface area contributed by atoms with E-state index < -0.39 is 59.2 Å². The van der Waals surface area contributed by atoms with E-state index in [1.165, 1.54) is 23.2 Å². The van der Waals surface area contributed by atoms with Gasteiger partial charge in [-0.25, -0.2) is 28.5 Å². The van der Waals surface area contributed by atoms with Crippen molar-refractivity contribution in [3.63, 3.8) is 0 Å². The number of primary amides is 1. The molecular formula is C26H26F5N7O3. The number of hydrogen-bond acceptors (Lipinski definition) is 7. The Hall–Kier alpha value is -4.40. The fourth-order valence-electron chi connectivity index (χ4n) is 4.42. The molecule has 3 amide bonds. The first-order chi connectivity index (χ1) is 19.3. The number of hydrogen-bond donors (Lipinski definition) is 3. The van der Waals surface area contributed by atoms with E-state index in [0.717, 1.165) is 24.3 Å². The number of benzene rings is 1. The number of para-hydroxylation sites is 1. The largest absolute Gasteiger partial charge is 0.475 e. The number of anilines is 1. The van der Waals surface area contributed by atoms with Gasteiger partial charge in [0.25, 0.3) is 0 Å². The number of carbonyl (C=O) groups excluding carboxylic acids is 2. The molecule has 1 saturated heterocycles. The van der Waals surface area contributed by atoms with Crippen LogP contribution in [0.15, 0.2) is 42.6 Å². The van der Waals surface area contributed by atoms with Gasteiger partial charge in [0, 0.05) is 36.8 Å². The molecule has 1 aliphatic rings. The minimum absolute atomic E-state index is 0.110. The predicted octanol–water partition coefficient (Wildman–Crippen LogP) is 3.61. The zero-order valence-corrected chi connectivity index (χ0v) is 21.7. The lowest BCUT2D eigenvalue weighted by Gasteiger charge is -2.34. The second-order valence-electron chi connectivity index (χ2n) is 9.49. The number of ether oxygens (including phenoxy) is 1. The van der Waals surface area contributed by atoms with Crippen LogP contribution in [0.4, 0.5) is 32.4 Å². The fraction of sp³-hybridized carbons (Fsp3) is 0.346. The molecule has 0 aliphatic carbocycles.